The van der Waals surface area contributed by atoms with Gasteiger partial charge in [-0.2, -0.15) is 13.2 Å². The second-order valence-electron chi connectivity index (χ2n) is 7.61. The number of carbonyl (C=O) groups is 2. The molecule has 1 aliphatic rings. The van der Waals surface area contributed by atoms with Crippen LogP contribution in [0.4, 0.5) is 23.8 Å². The summed E-state index contributed by atoms with van der Waals surface area (Å²) in [4.78, 5) is 38.5. The Labute approximate surface area is 170 Å². The summed E-state index contributed by atoms with van der Waals surface area (Å²) < 4.78 is 38.1. The molecule has 1 unspecified atom stereocenters. The molecule has 2 amide bonds. The lowest BCUT2D eigenvalue weighted by Crippen LogP contribution is -2.52. The zero-order valence-electron chi connectivity index (χ0n) is 16.5. The monoisotopic (exact) mass is 423 g/mol. The summed E-state index contributed by atoms with van der Waals surface area (Å²) in [7, 11) is 1.46. The van der Waals surface area contributed by atoms with E-state index in [2.05, 4.69) is 15.0 Å². The van der Waals surface area contributed by atoms with E-state index in [0.717, 1.165) is 17.2 Å². The Balaban J connectivity index is 1.85. The maximum atomic E-state index is 13.0. The molecule has 0 radical (unpaired) electrons. The van der Waals surface area contributed by atoms with Crippen LogP contribution in [0.25, 0.3) is 11.3 Å². The molecule has 1 fully saturated rings. The molecule has 1 saturated heterocycles. The first-order chi connectivity index (χ1) is 13.9. The molecule has 1 N–H and O–H groups in total. The van der Waals surface area contributed by atoms with Gasteiger partial charge < -0.3 is 5.11 Å². The highest BCUT2D eigenvalue weighted by atomic mass is 19.4. The van der Waals surface area contributed by atoms with Crippen molar-refractivity contribution in [3.63, 3.8) is 0 Å². The van der Waals surface area contributed by atoms with Gasteiger partial charge in [0.25, 0.3) is 5.91 Å². The highest BCUT2D eigenvalue weighted by molar-refractivity contribution is 5.98. The van der Waals surface area contributed by atoms with Crippen LogP contribution in [0.15, 0.2) is 30.7 Å². The molecule has 2 aromatic rings. The zero-order valence-corrected chi connectivity index (χ0v) is 16.5. The van der Waals surface area contributed by atoms with Gasteiger partial charge in [-0.3, -0.25) is 19.6 Å². The van der Waals surface area contributed by atoms with Crippen LogP contribution in [0.3, 0.4) is 0 Å². The van der Waals surface area contributed by atoms with Gasteiger partial charge in [0.2, 0.25) is 0 Å². The van der Waals surface area contributed by atoms with E-state index < -0.39 is 35.5 Å². The largest absolute Gasteiger partial charge is 0.465 e. The molecule has 30 heavy (non-hydrogen) atoms. The first-order valence-electron chi connectivity index (χ1n) is 9.07. The minimum atomic E-state index is -4.55. The number of carboxylic acid groups (broad SMARTS) is 1. The number of hydrogen-bond acceptors (Lipinski definition) is 5. The van der Waals surface area contributed by atoms with Gasteiger partial charge in [0.1, 0.15) is 23.9 Å². The molecule has 3 rings (SSSR count). The molecular weight excluding hydrogens is 403 g/mol. The first kappa shape index (κ1) is 21.5. The topological polar surface area (TPSA) is 99.5 Å². The fourth-order valence-corrected chi connectivity index (χ4v) is 3.53. The Hall–Kier alpha value is -3.24. The lowest BCUT2D eigenvalue weighted by molar-refractivity contribution is -0.141. The summed E-state index contributed by atoms with van der Waals surface area (Å²) in [6.45, 7) is 3.52. The number of nitrogens with zero attached hydrogens (tertiary/aromatic N) is 5. The summed E-state index contributed by atoms with van der Waals surface area (Å²) in [5.74, 6) is -0.252. The van der Waals surface area contributed by atoms with Gasteiger partial charge >= 0.3 is 12.3 Å². The number of likely N-dealkylation sites (tertiary alicyclic amines) is 1. The highest BCUT2D eigenvalue weighted by Crippen LogP contribution is 2.35. The second kappa shape index (κ2) is 7.54. The Morgan fingerprint density at radius 2 is 1.93 bits per heavy atom. The Morgan fingerprint density at radius 3 is 2.50 bits per heavy atom. The number of rotatable bonds is 3. The molecule has 8 nitrogen and oxygen atoms in total. The van der Waals surface area contributed by atoms with E-state index in [1.165, 1.54) is 30.4 Å². The lowest BCUT2D eigenvalue weighted by atomic mass is 10.0. The normalized spacial score (nSPS) is 18.3. The van der Waals surface area contributed by atoms with Crippen LogP contribution in [0.1, 0.15) is 32.4 Å². The molecule has 3 heterocycles. The third-order valence-electron chi connectivity index (χ3n) is 5.16. The molecule has 160 valence electrons. The lowest BCUT2D eigenvalue weighted by Gasteiger charge is -2.34. The smallest absolute Gasteiger partial charge is 0.433 e. The molecule has 11 heteroatoms. The van der Waals surface area contributed by atoms with Gasteiger partial charge in [-0.25, -0.2) is 14.8 Å². The highest BCUT2D eigenvalue weighted by Gasteiger charge is 2.47. The van der Waals surface area contributed by atoms with Crippen molar-refractivity contribution in [3.05, 3.63) is 36.4 Å². The Bertz CT molecular complexity index is 963. The minimum absolute atomic E-state index is 0.194. The summed E-state index contributed by atoms with van der Waals surface area (Å²) in [5, 5.41) is 9.54. The number of aromatic nitrogens is 3. The van der Waals surface area contributed by atoms with Gasteiger partial charge in [-0.1, -0.05) is 0 Å². The van der Waals surface area contributed by atoms with Crippen molar-refractivity contribution in [2.24, 2.45) is 0 Å². The first-order valence-corrected chi connectivity index (χ1v) is 9.07. The Morgan fingerprint density at radius 1 is 1.23 bits per heavy atom. The van der Waals surface area contributed by atoms with Crippen LogP contribution in [-0.2, 0) is 11.0 Å². The summed E-state index contributed by atoms with van der Waals surface area (Å²) >= 11 is 0. The van der Waals surface area contributed by atoms with Gasteiger partial charge in [-0.05, 0) is 38.8 Å². The minimum Gasteiger partial charge on any atom is -0.465 e. The van der Waals surface area contributed by atoms with Crippen LogP contribution in [0.2, 0.25) is 0 Å². The van der Waals surface area contributed by atoms with Gasteiger partial charge in [0, 0.05) is 30.4 Å². The van der Waals surface area contributed by atoms with Gasteiger partial charge in [0.15, 0.2) is 0 Å². The number of pyridine rings is 1. The maximum Gasteiger partial charge on any atom is 0.433 e. The van der Waals surface area contributed by atoms with E-state index in [-0.39, 0.29) is 11.5 Å². The molecule has 0 bridgehead atoms. The third kappa shape index (κ3) is 4.05. The molecular formula is C19H20F3N5O3. The summed E-state index contributed by atoms with van der Waals surface area (Å²) in [6, 6.07) is 2.66. The number of alkyl halides is 3. The van der Waals surface area contributed by atoms with E-state index in [0.29, 0.717) is 18.4 Å². The summed E-state index contributed by atoms with van der Waals surface area (Å²) in [5.41, 5.74) is -1.09. The third-order valence-corrected chi connectivity index (χ3v) is 5.16. The van der Waals surface area contributed by atoms with Crippen molar-refractivity contribution in [1.82, 2.24) is 19.9 Å². The molecule has 1 aliphatic heterocycles. The predicted octanol–water partition coefficient (Wildman–Crippen LogP) is 3.44. The van der Waals surface area contributed by atoms with E-state index in [9.17, 15) is 27.9 Å². The standard InChI is InChI=1S/C19H20F3N5O3/c1-18(2)7-6-13(27(18)17(29)30)16(28)26(3)15-8-12(24-10-25-15)11-4-5-14(23-9-11)19(20,21)22/h4-5,8-10,13H,6-7H2,1-3H3,(H,29,30). The van der Waals surface area contributed by atoms with E-state index >= 15 is 0 Å². The number of halogens is 3. The SMILES string of the molecule is CN(C(=O)C1CCC(C)(C)N1C(=O)O)c1cc(-c2ccc(C(F)(F)F)nc2)ncn1. The molecule has 0 spiro atoms. The van der Waals surface area contributed by atoms with Crippen molar-refractivity contribution in [2.75, 3.05) is 11.9 Å². The van der Waals surface area contributed by atoms with Crippen LogP contribution < -0.4 is 4.90 Å². The number of hydrogen-bond donors (Lipinski definition) is 1. The van der Waals surface area contributed by atoms with Gasteiger partial charge in [0.05, 0.1) is 5.69 Å². The average molecular weight is 423 g/mol. The fourth-order valence-electron chi connectivity index (χ4n) is 3.53. The van der Waals surface area contributed by atoms with Gasteiger partial charge in [-0.15, -0.1) is 0 Å². The predicted molar refractivity (Wildman–Crippen MR) is 101 cm³/mol. The Kier molecular flexibility index (Phi) is 5.40. The van der Waals surface area contributed by atoms with E-state index in [4.69, 9.17) is 0 Å². The van der Waals surface area contributed by atoms with Crippen molar-refractivity contribution < 1.29 is 27.9 Å². The van der Waals surface area contributed by atoms with Crippen LogP contribution in [-0.4, -0.2) is 55.6 Å². The van der Waals surface area contributed by atoms with Crippen LogP contribution in [0.5, 0.6) is 0 Å². The van der Waals surface area contributed by atoms with Crippen molar-refractivity contribution in [3.8, 4) is 11.3 Å². The molecule has 0 saturated carbocycles. The van der Waals surface area contributed by atoms with Crippen molar-refractivity contribution in [1.29, 1.82) is 0 Å². The fraction of sp³-hybridized carbons (Fsp3) is 0.421. The van der Waals surface area contributed by atoms with E-state index in [1.54, 1.807) is 13.8 Å². The molecule has 1 atom stereocenters. The maximum absolute atomic E-state index is 13.0. The number of likely N-dealkylation sites (N-methyl/N-ethyl adjacent to an activating group) is 1. The zero-order chi connectivity index (χ0) is 22.3. The van der Waals surface area contributed by atoms with Crippen LogP contribution >= 0.6 is 0 Å². The number of anilines is 1. The second-order valence-corrected chi connectivity index (χ2v) is 7.61. The molecule has 0 aromatic carbocycles. The molecule has 2 aromatic heterocycles. The van der Waals surface area contributed by atoms with Crippen molar-refractivity contribution in [2.45, 2.75) is 44.4 Å². The number of carbonyl (C=O) groups excluding carboxylic acids is 1. The van der Waals surface area contributed by atoms with Crippen LogP contribution in [0, 0.1) is 0 Å². The molecule has 0 aliphatic carbocycles. The quantitative estimate of drug-likeness (QED) is 0.812. The average Bonchev–Trinajstić information content (AvgIpc) is 3.01. The number of amides is 2. The van der Waals surface area contributed by atoms with E-state index in [1.807, 2.05) is 0 Å². The van der Waals surface area contributed by atoms with Crippen molar-refractivity contribution >= 4 is 17.8 Å². The summed E-state index contributed by atoms with van der Waals surface area (Å²) in [6.07, 6.45) is -2.59.